The van der Waals surface area contributed by atoms with E-state index in [0.717, 1.165) is 25.9 Å². The molecule has 0 aromatic carbocycles. The first-order valence-electron chi connectivity index (χ1n) is 5.30. The molecule has 1 heterocycles. The van der Waals surface area contributed by atoms with E-state index in [1.807, 2.05) is 11.9 Å². The number of nitrogens with one attached hydrogen (secondary N) is 1. The van der Waals surface area contributed by atoms with Crippen LogP contribution in [0.25, 0.3) is 0 Å². The number of hydrogen-bond acceptors (Lipinski definition) is 4. The number of carbonyl (C=O) groups is 1. The standard InChI is InChI=1S/C10H20N2O3/c1-10(15,9(13)14)7-12(2)8-4-3-5-11-6-8/h8,11,15H,3-7H2,1-2H3,(H,13,14). The first kappa shape index (κ1) is 12.4. The summed E-state index contributed by atoms with van der Waals surface area (Å²) in [5.41, 5.74) is -1.66. The van der Waals surface area contributed by atoms with E-state index in [-0.39, 0.29) is 6.54 Å². The number of piperidine rings is 1. The van der Waals surface area contributed by atoms with E-state index >= 15 is 0 Å². The summed E-state index contributed by atoms with van der Waals surface area (Å²) in [6, 6.07) is 0.324. The Morgan fingerprint density at radius 2 is 2.33 bits per heavy atom. The summed E-state index contributed by atoms with van der Waals surface area (Å²) in [5, 5.41) is 21.7. The molecule has 1 fully saturated rings. The smallest absolute Gasteiger partial charge is 0.336 e. The highest BCUT2D eigenvalue weighted by Crippen LogP contribution is 2.13. The number of aliphatic hydroxyl groups is 1. The van der Waals surface area contributed by atoms with E-state index in [2.05, 4.69) is 5.32 Å². The minimum atomic E-state index is -1.66. The van der Waals surface area contributed by atoms with Gasteiger partial charge in [-0.25, -0.2) is 4.79 Å². The van der Waals surface area contributed by atoms with Gasteiger partial charge in [0.15, 0.2) is 5.60 Å². The Bertz CT molecular complexity index is 225. The van der Waals surface area contributed by atoms with Crippen molar-refractivity contribution in [1.29, 1.82) is 0 Å². The molecule has 5 nitrogen and oxygen atoms in total. The van der Waals surface area contributed by atoms with Crippen LogP contribution in [0.15, 0.2) is 0 Å². The number of hydrogen-bond donors (Lipinski definition) is 3. The summed E-state index contributed by atoms with van der Waals surface area (Å²) < 4.78 is 0. The average Bonchev–Trinajstić information content (AvgIpc) is 2.18. The van der Waals surface area contributed by atoms with Crippen molar-refractivity contribution in [2.45, 2.75) is 31.4 Å². The number of nitrogens with zero attached hydrogens (tertiary/aromatic N) is 1. The molecule has 0 aromatic heterocycles. The van der Waals surface area contributed by atoms with Crippen LogP contribution >= 0.6 is 0 Å². The van der Waals surface area contributed by atoms with Gasteiger partial charge in [-0.3, -0.25) is 4.90 Å². The molecule has 0 radical (unpaired) electrons. The third-order valence-electron chi connectivity index (χ3n) is 2.91. The topological polar surface area (TPSA) is 72.8 Å². The van der Waals surface area contributed by atoms with Gasteiger partial charge >= 0.3 is 5.97 Å². The molecule has 88 valence electrons. The van der Waals surface area contributed by atoms with Gasteiger partial charge < -0.3 is 15.5 Å². The summed E-state index contributed by atoms with van der Waals surface area (Å²) in [7, 11) is 1.86. The van der Waals surface area contributed by atoms with Crippen molar-refractivity contribution < 1.29 is 15.0 Å². The molecule has 1 aliphatic heterocycles. The van der Waals surface area contributed by atoms with Crippen molar-refractivity contribution in [3.63, 3.8) is 0 Å². The summed E-state index contributed by atoms with van der Waals surface area (Å²) in [6.07, 6.45) is 2.16. The summed E-state index contributed by atoms with van der Waals surface area (Å²) in [6.45, 7) is 3.39. The highest BCUT2D eigenvalue weighted by molar-refractivity contribution is 5.76. The van der Waals surface area contributed by atoms with Gasteiger partial charge in [-0.1, -0.05) is 0 Å². The lowest BCUT2D eigenvalue weighted by Gasteiger charge is -2.34. The van der Waals surface area contributed by atoms with E-state index in [1.54, 1.807) is 0 Å². The minimum Gasteiger partial charge on any atom is -0.479 e. The molecule has 1 rings (SSSR count). The number of carboxylic acid groups (broad SMARTS) is 1. The highest BCUT2D eigenvalue weighted by Gasteiger charge is 2.33. The zero-order chi connectivity index (χ0) is 11.5. The van der Waals surface area contributed by atoms with Gasteiger partial charge in [0.05, 0.1) is 0 Å². The van der Waals surface area contributed by atoms with Crippen LogP contribution in [0.3, 0.4) is 0 Å². The Balaban J connectivity index is 2.46. The second kappa shape index (κ2) is 4.92. The zero-order valence-electron chi connectivity index (χ0n) is 9.36. The van der Waals surface area contributed by atoms with Crippen LogP contribution in [0.1, 0.15) is 19.8 Å². The van der Waals surface area contributed by atoms with Gasteiger partial charge in [0, 0.05) is 19.1 Å². The number of rotatable bonds is 4. The third kappa shape index (κ3) is 3.44. The summed E-state index contributed by atoms with van der Waals surface area (Å²) in [4.78, 5) is 12.7. The molecule has 0 bridgehead atoms. The van der Waals surface area contributed by atoms with Crippen molar-refractivity contribution in [1.82, 2.24) is 10.2 Å². The average molecular weight is 216 g/mol. The molecule has 0 spiro atoms. The molecule has 0 amide bonds. The van der Waals surface area contributed by atoms with Crippen LogP contribution in [0.4, 0.5) is 0 Å². The Morgan fingerprint density at radius 1 is 1.67 bits per heavy atom. The fraction of sp³-hybridized carbons (Fsp3) is 0.900. The minimum absolute atomic E-state index is 0.161. The van der Waals surface area contributed by atoms with E-state index < -0.39 is 11.6 Å². The van der Waals surface area contributed by atoms with Crippen LogP contribution in [0, 0.1) is 0 Å². The molecule has 2 unspecified atom stereocenters. The molecule has 2 atom stereocenters. The van der Waals surface area contributed by atoms with Gasteiger partial charge in [-0.05, 0) is 33.4 Å². The van der Waals surface area contributed by atoms with E-state index in [4.69, 9.17) is 5.11 Å². The number of carboxylic acids is 1. The van der Waals surface area contributed by atoms with Crippen molar-refractivity contribution >= 4 is 5.97 Å². The fourth-order valence-electron chi connectivity index (χ4n) is 1.89. The Hall–Kier alpha value is -0.650. The van der Waals surface area contributed by atoms with Crippen LogP contribution < -0.4 is 5.32 Å². The summed E-state index contributed by atoms with van der Waals surface area (Å²) in [5.74, 6) is -1.17. The molecule has 0 aromatic rings. The maximum Gasteiger partial charge on any atom is 0.336 e. The van der Waals surface area contributed by atoms with Crippen LogP contribution in [0.2, 0.25) is 0 Å². The number of likely N-dealkylation sites (N-methyl/N-ethyl adjacent to an activating group) is 1. The zero-order valence-corrected chi connectivity index (χ0v) is 9.36. The lowest BCUT2D eigenvalue weighted by molar-refractivity contribution is -0.158. The van der Waals surface area contributed by atoms with Crippen LogP contribution in [0.5, 0.6) is 0 Å². The predicted molar refractivity (Wildman–Crippen MR) is 56.8 cm³/mol. The second-order valence-corrected chi connectivity index (χ2v) is 4.49. The van der Waals surface area contributed by atoms with Crippen molar-refractivity contribution in [3.05, 3.63) is 0 Å². The quantitative estimate of drug-likeness (QED) is 0.591. The van der Waals surface area contributed by atoms with Crippen molar-refractivity contribution in [3.8, 4) is 0 Å². The fourth-order valence-corrected chi connectivity index (χ4v) is 1.89. The number of aliphatic carboxylic acids is 1. The van der Waals surface area contributed by atoms with Gasteiger partial charge in [-0.2, -0.15) is 0 Å². The highest BCUT2D eigenvalue weighted by atomic mass is 16.4. The Kier molecular flexibility index (Phi) is 4.07. The van der Waals surface area contributed by atoms with E-state index in [0.29, 0.717) is 6.04 Å². The van der Waals surface area contributed by atoms with Gasteiger partial charge in [-0.15, -0.1) is 0 Å². The van der Waals surface area contributed by atoms with Gasteiger partial charge in [0.1, 0.15) is 0 Å². The van der Waals surface area contributed by atoms with Crippen molar-refractivity contribution in [2.24, 2.45) is 0 Å². The van der Waals surface area contributed by atoms with Crippen LogP contribution in [-0.4, -0.2) is 59.4 Å². The lowest BCUT2D eigenvalue weighted by Crippen LogP contribution is -2.52. The molecule has 5 heteroatoms. The first-order valence-corrected chi connectivity index (χ1v) is 5.30. The first-order chi connectivity index (χ1) is 6.93. The van der Waals surface area contributed by atoms with Gasteiger partial charge in [0.25, 0.3) is 0 Å². The second-order valence-electron chi connectivity index (χ2n) is 4.49. The largest absolute Gasteiger partial charge is 0.479 e. The maximum atomic E-state index is 10.7. The molecule has 3 N–H and O–H groups in total. The Labute approximate surface area is 90.1 Å². The van der Waals surface area contributed by atoms with Crippen molar-refractivity contribution in [2.75, 3.05) is 26.7 Å². The third-order valence-corrected chi connectivity index (χ3v) is 2.91. The summed E-state index contributed by atoms with van der Waals surface area (Å²) >= 11 is 0. The normalized spacial score (nSPS) is 26.3. The maximum absolute atomic E-state index is 10.7. The molecule has 0 saturated carbocycles. The SMILES string of the molecule is CN(CC(C)(O)C(=O)O)C1CCCNC1. The van der Waals surface area contributed by atoms with E-state index in [1.165, 1.54) is 6.92 Å². The predicted octanol–water partition coefficient (Wildman–Crippen LogP) is -0.494. The lowest BCUT2D eigenvalue weighted by atomic mass is 10.0. The molecule has 1 aliphatic rings. The molecule has 1 saturated heterocycles. The van der Waals surface area contributed by atoms with Gasteiger partial charge in [0.2, 0.25) is 0 Å². The molecular weight excluding hydrogens is 196 g/mol. The Morgan fingerprint density at radius 3 is 2.80 bits per heavy atom. The molecular formula is C10H20N2O3. The molecule has 0 aliphatic carbocycles. The molecule has 15 heavy (non-hydrogen) atoms. The monoisotopic (exact) mass is 216 g/mol. The van der Waals surface area contributed by atoms with E-state index in [9.17, 15) is 9.90 Å². The van der Waals surface area contributed by atoms with Crippen LogP contribution in [-0.2, 0) is 4.79 Å².